The summed E-state index contributed by atoms with van der Waals surface area (Å²) >= 11 is 0. The number of nitrogens with zero attached hydrogens (tertiary/aromatic N) is 1. The van der Waals surface area contributed by atoms with Crippen LogP contribution >= 0.6 is 0 Å². The number of aliphatic carboxylic acids is 2. The van der Waals surface area contributed by atoms with Crippen molar-refractivity contribution in [3.05, 3.63) is 0 Å². The van der Waals surface area contributed by atoms with Gasteiger partial charge in [-0.15, -0.1) is 0 Å². The van der Waals surface area contributed by atoms with Crippen LogP contribution in [-0.2, 0) is 52.5 Å². The van der Waals surface area contributed by atoms with Gasteiger partial charge < -0.3 is 44.6 Å². The van der Waals surface area contributed by atoms with Gasteiger partial charge in [0.2, 0.25) is 23.6 Å². The second-order valence-electron chi connectivity index (χ2n) is 17.9. The molecule has 0 aliphatic carbocycles. The fraction of sp³-hybridized carbons (Fsp3) is 0.841. The lowest BCUT2D eigenvalue weighted by Crippen LogP contribution is -2.43. The molecule has 0 bridgehead atoms. The lowest BCUT2D eigenvalue weighted by atomic mass is 9.78. The minimum atomic E-state index is -1.18. The standard InChI is InChI=1S/C44H77N3O13/c1-43(2,3)34(41(53)54)18-16-14-12-10-8-7-9-11-13-15-17-19-38(50)46-35(42(55)56)20-21-37(49)45-30-36(44(4,5)6)60-29-28-58-25-24-57-26-27-59-32-33(31-48)47-39(51)22-23-40(47)52/h31,33-36H,7-30,32H2,1-6H3,(H,45,49)(H,46,50)(H,53,54)(H,55,56)/t33?,34?,35-,36?/m0/s1. The van der Waals surface area contributed by atoms with Crippen molar-refractivity contribution < 1.29 is 62.7 Å². The molecule has 16 nitrogen and oxygen atoms in total. The molecule has 60 heavy (non-hydrogen) atoms. The van der Waals surface area contributed by atoms with Crippen molar-refractivity contribution in [3.63, 3.8) is 0 Å². The first-order chi connectivity index (χ1) is 28.4. The maximum Gasteiger partial charge on any atom is 0.326 e. The molecule has 1 aliphatic heterocycles. The van der Waals surface area contributed by atoms with Crippen LogP contribution in [0.4, 0.5) is 0 Å². The first-order valence-corrected chi connectivity index (χ1v) is 22.0. The second kappa shape index (κ2) is 30.5. The van der Waals surface area contributed by atoms with Crippen molar-refractivity contribution in [2.45, 2.75) is 169 Å². The molecular weight excluding hydrogens is 778 g/mol. The van der Waals surface area contributed by atoms with Gasteiger partial charge in [-0.25, -0.2) is 4.79 Å². The highest BCUT2D eigenvalue weighted by molar-refractivity contribution is 6.04. The van der Waals surface area contributed by atoms with Crippen LogP contribution in [0.1, 0.15) is 151 Å². The zero-order chi connectivity index (χ0) is 45.0. The molecule has 0 saturated carbocycles. The van der Waals surface area contributed by atoms with Crippen molar-refractivity contribution in [2.75, 3.05) is 52.8 Å². The number of aldehydes is 1. The average Bonchev–Trinajstić information content (AvgIpc) is 3.50. The number of hydrogen-bond donors (Lipinski definition) is 4. The molecule has 0 spiro atoms. The number of amides is 4. The Bertz CT molecular complexity index is 1280. The van der Waals surface area contributed by atoms with Crippen LogP contribution in [-0.4, -0.2) is 128 Å². The normalized spacial score (nSPS) is 15.4. The highest BCUT2D eigenvalue weighted by atomic mass is 16.6. The highest BCUT2D eigenvalue weighted by Gasteiger charge is 2.35. The van der Waals surface area contributed by atoms with Crippen molar-refractivity contribution in [2.24, 2.45) is 16.7 Å². The van der Waals surface area contributed by atoms with E-state index in [0.29, 0.717) is 32.5 Å². The van der Waals surface area contributed by atoms with E-state index >= 15 is 0 Å². The number of ether oxygens (including phenoxy) is 4. The number of rotatable bonds is 36. The van der Waals surface area contributed by atoms with Crippen LogP contribution in [0.3, 0.4) is 0 Å². The monoisotopic (exact) mass is 856 g/mol. The lowest BCUT2D eigenvalue weighted by Gasteiger charge is -2.31. The number of carbonyl (C=O) groups excluding carboxylic acids is 5. The van der Waals surface area contributed by atoms with E-state index in [1.54, 1.807) is 0 Å². The summed E-state index contributed by atoms with van der Waals surface area (Å²) in [6, 6.07) is -2.09. The zero-order valence-corrected chi connectivity index (χ0v) is 37.4. The number of carboxylic acid groups (broad SMARTS) is 2. The number of likely N-dealkylation sites (tertiary alicyclic amines) is 1. The first kappa shape index (κ1) is 54.5. The Hall–Kier alpha value is -3.47. The Kier molecular flexibility index (Phi) is 27.8. The number of nitrogens with one attached hydrogen (secondary N) is 2. The van der Waals surface area contributed by atoms with Gasteiger partial charge in [0.15, 0.2) is 0 Å². The van der Waals surface area contributed by atoms with Crippen molar-refractivity contribution in [1.29, 1.82) is 0 Å². The molecule has 4 atom stereocenters. The van der Waals surface area contributed by atoms with Gasteiger partial charge in [-0.2, -0.15) is 0 Å². The molecule has 4 amide bonds. The second-order valence-corrected chi connectivity index (χ2v) is 17.9. The Morgan fingerprint density at radius 1 is 0.650 bits per heavy atom. The summed E-state index contributed by atoms with van der Waals surface area (Å²) in [4.78, 5) is 84.3. The van der Waals surface area contributed by atoms with Gasteiger partial charge in [0, 0.05) is 32.2 Å². The maximum absolute atomic E-state index is 12.7. The quantitative estimate of drug-likeness (QED) is 0.0349. The number of carbonyl (C=O) groups is 7. The van der Waals surface area contributed by atoms with Gasteiger partial charge in [0.25, 0.3) is 0 Å². The molecule has 0 aromatic rings. The Morgan fingerprint density at radius 2 is 1.15 bits per heavy atom. The van der Waals surface area contributed by atoms with E-state index in [1.165, 1.54) is 6.42 Å². The van der Waals surface area contributed by atoms with Crippen LogP contribution < -0.4 is 10.6 Å². The van der Waals surface area contributed by atoms with Crippen LogP contribution in [0.5, 0.6) is 0 Å². The molecule has 4 N–H and O–H groups in total. The van der Waals surface area contributed by atoms with E-state index in [2.05, 4.69) is 10.6 Å². The molecule has 0 aromatic heterocycles. The van der Waals surface area contributed by atoms with Gasteiger partial charge in [-0.1, -0.05) is 106 Å². The van der Waals surface area contributed by atoms with E-state index < -0.39 is 24.0 Å². The summed E-state index contributed by atoms with van der Waals surface area (Å²) in [5.41, 5.74) is -0.529. The fourth-order valence-corrected chi connectivity index (χ4v) is 6.89. The molecule has 1 fully saturated rings. The third kappa shape index (κ3) is 24.7. The molecule has 1 rings (SSSR count). The lowest BCUT2D eigenvalue weighted by molar-refractivity contribution is -0.146. The van der Waals surface area contributed by atoms with Crippen LogP contribution in [0.25, 0.3) is 0 Å². The summed E-state index contributed by atoms with van der Waals surface area (Å²) in [7, 11) is 0. The molecule has 1 aliphatic rings. The molecule has 0 aromatic carbocycles. The van der Waals surface area contributed by atoms with E-state index in [1.807, 2.05) is 41.5 Å². The average molecular weight is 856 g/mol. The van der Waals surface area contributed by atoms with Gasteiger partial charge in [0.05, 0.1) is 58.3 Å². The SMILES string of the molecule is CC(C)(C)C(CNC(=O)CC[C@H](NC(=O)CCCCCCCCCCCCCC(C(=O)O)C(C)(C)C)C(=O)O)OCCOCCOCCOCC(C=O)N1C(=O)CCC1=O. The smallest absolute Gasteiger partial charge is 0.326 e. The predicted molar refractivity (Wildman–Crippen MR) is 225 cm³/mol. The van der Waals surface area contributed by atoms with Crippen molar-refractivity contribution in [3.8, 4) is 0 Å². The maximum atomic E-state index is 12.7. The van der Waals surface area contributed by atoms with Crippen molar-refractivity contribution in [1.82, 2.24) is 15.5 Å². The highest BCUT2D eigenvalue weighted by Crippen LogP contribution is 2.31. The van der Waals surface area contributed by atoms with Gasteiger partial charge >= 0.3 is 11.9 Å². The third-order valence-corrected chi connectivity index (χ3v) is 10.6. The minimum Gasteiger partial charge on any atom is -0.481 e. The summed E-state index contributed by atoms with van der Waals surface area (Å²) in [5, 5.41) is 24.5. The predicted octanol–water partition coefficient (Wildman–Crippen LogP) is 5.47. The Morgan fingerprint density at radius 3 is 1.63 bits per heavy atom. The van der Waals surface area contributed by atoms with E-state index in [4.69, 9.17) is 18.9 Å². The van der Waals surface area contributed by atoms with Crippen LogP contribution in [0.2, 0.25) is 0 Å². The molecule has 1 heterocycles. The summed E-state index contributed by atoms with van der Waals surface area (Å²) in [6.45, 7) is 13.6. The molecule has 16 heteroatoms. The minimum absolute atomic E-state index is 0.0321. The van der Waals surface area contributed by atoms with Crippen molar-refractivity contribution >= 4 is 41.9 Å². The van der Waals surface area contributed by atoms with E-state index in [9.17, 15) is 43.8 Å². The number of carboxylic acids is 2. The van der Waals surface area contributed by atoms with E-state index in [0.717, 1.165) is 69.1 Å². The molecule has 1 saturated heterocycles. The van der Waals surface area contributed by atoms with Gasteiger partial charge in [-0.3, -0.25) is 28.9 Å². The Balaban J connectivity index is 2.14. The fourth-order valence-electron chi connectivity index (χ4n) is 6.89. The molecule has 3 unspecified atom stereocenters. The third-order valence-electron chi connectivity index (χ3n) is 10.6. The first-order valence-electron chi connectivity index (χ1n) is 22.0. The Labute approximate surface area is 357 Å². The van der Waals surface area contributed by atoms with Gasteiger partial charge in [-0.05, 0) is 30.1 Å². The summed E-state index contributed by atoms with van der Waals surface area (Å²) < 4.78 is 22.4. The number of hydrogen-bond acceptors (Lipinski definition) is 11. The molecular formula is C44H77N3O13. The summed E-state index contributed by atoms with van der Waals surface area (Å²) in [5.74, 6) is -3.60. The van der Waals surface area contributed by atoms with E-state index in [-0.39, 0.29) is 112 Å². The number of imide groups is 1. The van der Waals surface area contributed by atoms with Crippen LogP contribution in [0, 0.1) is 16.7 Å². The topological polar surface area (TPSA) is 224 Å². The van der Waals surface area contributed by atoms with Crippen LogP contribution in [0.15, 0.2) is 0 Å². The van der Waals surface area contributed by atoms with Gasteiger partial charge in [0.1, 0.15) is 18.4 Å². The number of unbranched alkanes of at least 4 members (excludes halogenated alkanes) is 10. The molecule has 0 radical (unpaired) electrons. The molecule has 346 valence electrons. The largest absolute Gasteiger partial charge is 0.481 e. The summed E-state index contributed by atoms with van der Waals surface area (Å²) in [6.07, 6.45) is 12.7. The zero-order valence-electron chi connectivity index (χ0n) is 37.4.